The second kappa shape index (κ2) is 5.67. The second-order valence-corrected chi connectivity index (χ2v) is 5.03. The van der Waals surface area contributed by atoms with Gasteiger partial charge < -0.3 is 10.4 Å². The maximum absolute atomic E-state index is 11.9. The lowest BCUT2D eigenvalue weighted by Gasteiger charge is -2.05. The number of hydrogen-bond donors (Lipinski definition) is 2. The Labute approximate surface area is 114 Å². The lowest BCUT2D eigenvalue weighted by atomic mass is 10.1. The molecule has 0 atom stereocenters. The van der Waals surface area contributed by atoms with Crippen molar-refractivity contribution in [2.24, 2.45) is 0 Å². The summed E-state index contributed by atoms with van der Waals surface area (Å²) in [6.07, 6.45) is 0. The van der Waals surface area contributed by atoms with Crippen molar-refractivity contribution in [2.45, 2.75) is 13.5 Å². The Morgan fingerprint density at radius 2 is 1.89 bits per heavy atom. The molecule has 4 nitrogen and oxygen atoms in total. The molecule has 0 aliphatic carbocycles. The number of carbonyl (C=O) groups is 2. The first kappa shape index (κ1) is 13.3. The summed E-state index contributed by atoms with van der Waals surface area (Å²) in [5.41, 5.74) is 2.07. The lowest BCUT2D eigenvalue weighted by Crippen LogP contribution is -2.22. The van der Waals surface area contributed by atoms with E-state index in [1.165, 1.54) is 23.5 Å². The third-order valence-electron chi connectivity index (χ3n) is 2.72. The summed E-state index contributed by atoms with van der Waals surface area (Å²) in [6.45, 7) is 2.28. The van der Waals surface area contributed by atoms with Crippen LogP contribution in [0.4, 0.5) is 0 Å². The fourth-order valence-corrected chi connectivity index (χ4v) is 2.47. The monoisotopic (exact) mass is 275 g/mol. The van der Waals surface area contributed by atoms with Gasteiger partial charge in [-0.1, -0.05) is 12.1 Å². The molecule has 0 aliphatic rings. The van der Waals surface area contributed by atoms with Crippen molar-refractivity contribution in [3.05, 3.63) is 57.3 Å². The Balaban J connectivity index is 1.97. The zero-order valence-corrected chi connectivity index (χ0v) is 11.2. The van der Waals surface area contributed by atoms with Crippen molar-refractivity contribution in [1.29, 1.82) is 0 Å². The lowest BCUT2D eigenvalue weighted by molar-refractivity contribution is 0.0696. The number of carboxylic acid groups (broad SMARTS) is 1. The number of aryl methyl sites for hydroxylation is 1. The number of hydrogen-bond acceptors (Lipinski definition) is 3. The molecule has 5 heteroatoms. The molecule has 1 amide bonds. The largest absolute Gasteiger partial charge is 0.478 e. The molecule has 0 unspecified atom stereocenters. The molecule has 0 saturated carbocycles. The summed E-state index contributed by atoms with van der Waals surface area (Å²) in [5, 5.41) is 13.5. The van der Waals surface area contributed by atoms with Gasteiger partial charge in [0.05, 0.1) is 10.4 Å². The van der Waals surface area contributed by atoms with Crippen LogP contribution in [0.2, 0.25) is 0 Å². The van der Waals surface area contributed by atoms with Crippen LogP contribution >= 0.6 is 11.3 Å². The smallest absolute Gasteiger partial charge is 0.335 e. The van der Waals surface area contributed by atoms with Crippen molar-refractivity contribution in [2.75, 3.05) is 0 Å². The number of carboxylic acids is 1. The molecule has 98 valence electrons. The number of aromatic carboxylic acids is 1. The van der Waals surface area contributed by atoms with Crippen LogP contribution in [-0.2, 0) is 6.54 Å². The topological polar surface area (TPSA) is 66.4 Å². The Bertz CT molecular complexity index is 601. The molecule has 1 heterocycles. The number of carbonyl (C=O) groups excluding carboxylic acids is 1. The van der Waals surface area contributed by atoms with E-state index in [0.717, 1.165) is 11.1 Å². The minimum absolute atomic E-state index is 0.102. The molecule has 0 radical (unpaired) electrons. The molecule has 0 saturated heterocycles. The van der Waals surface area contributed by atoms with Crippen LogP contribution in [0, 0.1) is 6.92 Å². The third-order valence-corrected chi connectivity index (χ3v) is 3.74. The van der Waals surface area contributed by atoms with Crippen molar-refractivity contribution in [3.63, 3.8) is 0 Å². The fraction of sp³-hybridized carbons (Fsp3) is 0.143. The number of rotatable bonds is 4. The van der Waals surface area contributed by atoms with Gasteiger partial charge >= 0.3 is 5.97 Å². The van der Waals surface area contributed by atoms with Crippen LogP contribution in [0.5, 0.6) is 0 Å². The molecule has 0 aliphatic heterocycles. The Morgan fingerprint density at radius 1 is 1.21 bits per heavy atom. The second-order valence-electron chi connectivity index (χ2n) is 4.12. The van der Waals surface area contributed by atoms with Crippen LogP contribution in [0.15, 0.2) is 35.7 Å². The van der Waals surface area contributed by atoms with E-state index in [1.807, 2.05) is 18.4 Å². The van der Waals surface area contributed by atoms with Crippen LogP contribution in [-0.4, -0.2) is 17.0 Å². The summed E-state index contributed by atoms with van der Waals surface area (Å²) >= 11 is 1.41. The molecule has 19 heavy (non-hydrogen) atoms. The minimum Gasteiger partial charge on any atom is -0.478 e. The van der Waals surface area contributed by atoms with Crippen LogP contribution < -0.4 is 5.32 Å². The number of thiophene rings is 1. The van der Waals surface area contributed by atoms with Crippen molar-refractivity contribution in [3.8, 4) is 0 Å². The van der Waals surface area contributed by atoms with E-state index < -0.39 is 5.97 Å². The summed E-state index contributed by atoms with van der Waals surface area (Å²) in [4.78, 5) is 23.3. The number of amides is 1. The van der Waals surface area contributed by atoms with Gasteiger partial charge in [0.25, 0.3) is 5.91 Å². The summed E-state index contributed by atoms with van der Waals surface area (Å²) < 4.78 is 0. The highest BCUT2D eigenvalue weighted by Crippen LogP contribution is 2.15. The highest BCUT2D eigenvalue weighted by Gasteiger charge is 2.09. The van der Waals surface area contributed by atoms with E-state index in [2.05, 4.69) is 5.32 Å². The average molecular weight is 275 g/mol. The van der Waals surface area contributed by atoms with Crippen molar-refractivity contribution < 1.29 is 14.7 Å². The van der Waals surface area contributed by atoms with Gasteiger partial charge in [-0.25, -0.2) is 4.79 Å². The van der Waals surface area contributed by atoms with E-state index in [4.69, 9.17) is 5.11 Å². The predicted molar refractivity (Wildman–Crippen MR) is 73.6 cm³/mol. The quantitative estimate of drug-likeness (QED) is 0.901. The minimum atomic E-state index is -0.954. The molecule has 2 rings (SSSR count). The molecule has 0 fully saturated rings. The van der Waals surface area contributed by atoms with Gasteiger partial charge in [-0.2, -0.15) is 0 Å². The first-order valence-electron chi connectivity index (χ1n) is 5.72. The molecule has 2 aromatic rings. The van der Waals surface area contributed by atoms with Gasteiger partial charge in [-0.3, -0.25) is 4.79 Å². The molecule has 1 aromatic carbocycles. The van der Waals surface area contributed by atoms with Gasteiger partial charge in [0, 0.05) is 6.54 Å². The van der Waals surface area contributed by atoms with E-state index in [1.54, 1.807) is 12.1 Å². The highest BCUT2D eigenvalue weighted by atomic mass is 32.1. The molecular formula is C14H13NO3S. The van der Waals surface area contributed by atoms with Crippen LogP contribution in [0.25, 0.3) is 0 Å². The maximum atomic E-state index is 11.9. The summed E-state index contributed by atoms with van der Waals surface area (Å²) in [7, 11) is 0. The fourth-order valence-electron chi connectivity index (χ4n) is 1.63. The van der Waals surface area contributed by atoms with Gasteiger partial charge in [0.2, 0.25) is 0 Å². The third kappa shape index (κ3) is 3.20. The van der Waals surface area contributed by atoms with E-state index in [9.17, 15) is 9.59 Å². The van der Waals surface area contributed by atoms with Crippen LogP contribution in [0.3, 0.4) is 0 Å². The Hall–Kier alpha value is -2.14. The zero-order valence-electron chi connectivity index (χ0n) is 10.3. The number of nitrogens with one attached hydrogen (secondary N) is 1. The maximum Gasteiger partial charge on any atom is 0.335 e. The molecule has 1 aromatic heterocycles. The molecule has 0 spiro atoms. The Morgan fingerprint density at radius 3 is 2.42 bits per heavy atom. The SMILES string of the molecule is Cc1ccsc1C(=O)NCc1ccc(C(=O)O)cc1. The zero-order chi connectivity index (χ0) is 13.8. The molecule has 0 bridgehead atoms. The number of benzene rings is 1. The van der Waals surface area contributed by atoms with Crippen molar-refractivity contribution >= 4 is 23.2 Å². The van der Waals surface area contributed by atoms with Gasteiger partial charge in [0.1, 0.15) is 0 Å². The first-order valence-corrected chi connectivity index (χ1v) is 6.60. The van der Waals surface area contributed by atoms with Gasteiger partial charge in [-0.05, 0) is 41.6 Å². The van der Waals surface area contributed by atoms with E-state index in [-0.39, 0.29) is 11.5 Å². The summed E-state index contributed by atoms with van der Waals surface area (Å²) in [6, 6.07) is 8.36. The normalized spacial score (nSPS) is 10.2. The highest BCUT2D eigenvalue weighted by molar-refractivity contribution is 7.12. The van der Waals surface area contributed by atoms with Gasteiger partial charge in [0.15, 0.2) is 0 Å². The average Bonchev–Trinajstić information content (AvgIpc) is 2.83. The Kier molecular flexibility index (Phi) is 3.97. The van der Waals surface area contributed by atoms with Gasteiger partial charge in [-0.15, -0.1) is 11.3 Å². The molecule has 2 N–H and O–H groups in total. The standard InChI is InChI=1S/C14H13NO3S/c1-9-6-7-19-12(9)13(16)15-8-10-2-4-11(5-3-10)14(17)18/h2-7H,8H2,1H3,(H,15,16)(H,17,18). The molecular weight excluding hydrogens is 262 g/mol. The van der Waals surface area contributed by atoms with E-state index in [0.29, 0.717) is 11.4 Å². The van der Waals surface area contributed by atoms with Crippen LogP contribution in [0.1, 0.15) is 31.2 Å². The first-order chi connectivity index (χ1) is 9.08. The van der Waals surface area contributed by atoms with Crippen molar-refractivity contribution in [1.82, 2.24) is 5.32 Å². The summed E-state index contributed by atoms with van der Waals surface area (Å²) in [5.74, 6) is -1.06. The predicted octanol–water partition coefficient (Wildman–Crippen LogP) is 2.68. The van der Waals surface area contributed by atoms with E-state index >= 15 is 0 Å².